The fraction of sp³-hybridized carbons (Fsp3) is 0.667. The van der Waals surface area contributed by atoms with E-state index in [1.165, 1.54) is 12.8 Å². The Hall–Kier alpha value is -1.16. The third-order valence-electron chi connectivity index (χ3n) is 3.52. The van der Waals surface area contributed by atoms with Crippen molar-refractivity contribution in [1.29, 1.82) is 0 Å². The Labute approximate surface area is 94.7 Å². The molecule has 0 amide bonds. The predicted molar refractivity (Wildman–Crippen MR) is 61.4 cm³/mol. The highest BCUT2D eigenvalue weighted by molar-refractivity contribution is 5.21. The Balaban J connectivity index is 2.06. The van der Waals surface area contributed by atoms with Crippen molar-refractivity contribution in [3.8, 4) is 0 Å². The summed E-state index contributed by atoms with van der Waals surface area (Å²) in [6, 6.07) is 0. The van der Waals surface area contributed by atoms with E-state index in [2.05, 4.69) is 10.3 Å². The van der Waals surface area contributed by atoms with Crippen molar-refractivity contribution in [2.24, 2.45) is 5.92 Å². The molecule has 0 aromatic carbocycles. The van der Waals surface area contributed by atoms with Gasteiger partial charge in [-0.2, -0.15) is 0 Å². The van der Waals surface area contributed by atoms with Gasteiger partial charge in [-0.3, -0.25) is 9.36 Å². The smallest absolute Gasteiger partial charge is 0.258 e. The van der Waals surface area contributed by atoms with Crippen LogP contribution in [0.3, 0.4) is 0 Å². The van der Waals surface area contributed by atoms with E-state index in [9.17, 15) is 4.79 Å². The van der Waals surface area contributed by atoms with Crippen LogP contribution in [0, 0.1) is 12.8 Å². The molecule has 0 spiro atoms. The molecular formula is C12H17N3O. The van der Waals surface area contributed by atoms with Crippen molar-refractivity contribution in [3.63, 3.8) is 0 Å². The number of aryl methyl sites for hydroxylation is 1. The summed E-state index contributed by atoms with van der Waals surface area (Å²) in [5.74, 6) is 1.60. The maximum Gasteiger partial charge on any atom is 0.258 e. The summed E-state index contributed by atoms with van der Waals surface area (Å²) in [5.41, 5.74) is 2.08. The maximum atomic E-state index is 12.3. The van der Waals surface area contributed by atoms with Gasteiger partial charge in [0.2, 0.25) is 0 Å². The van der Waals surface area contributed by atoms with E-state index in [1.807, 2.05) is 11.5 Å². The molecular weight excluding hydrogens is 202 g/mol. The molecule has 0 saturated heterocycles. The summed E-state index contributed by atoms with van der Waals surface area (Å²) in [7, 11) is 0. The number of rotatable bonds is 2. The van der Waals surface area contributed by atoms with Crippen LogP contribution in [0.1, 0.15) is 29.9 Å². The minimum Gasteiger partial charge on any atom is -0.312 e. The molecule has 4 heteroatoms. The molecule has 2 heterocycles. The van der Waals surface area contributed by atoms with Gasteiger partial charge in [-0.1, -0.05) is 0 Å². The van der Waals surface area contributed by atoms with E-state index in [0.29, 0.717) is 12.5 Å². The van der Waals surface area contributed by atoms with Gasteiger partial charge in [-0.15, -0.1) is 0 Å². The van der Waals surface area contributed by atoms with Crippen molar-refractivity contribution in [2.45, 2.75) is 39.3 Å². The average molecular weight is 219 g/mol. The van der Waals surface area contributed by atoms with Crippen LogP contribution in [0.4, 0.5) is 0 Å². The number of nitrogens with one attached hydrogen (secondary N) is 1. The van der Waals surface area contributed by atoms with E-state index in [1.54, 1.807) is 0 Å². The molecule has 1 saturated carbocycles. The zero-order valence-electron chi connectivity index (χ0n) is 9.62. The second kappa shape index (κ2) is 3.70. The molecule has 3 rings (SSSR count). The third-order valence-corrected chi connectivity index (χ3v) is 3.52. The predicted octanol–water partition coefficient (Wildman–Crippen LogP) is 0.607. The second-order valence-electron chi connectivity index (χ2n) is 4.87. The van der Waals surface area contributed by atoms with Crippen molar-refractivity contribution < 1.29 is 0 Å². The van der Waals surface area contributed by atoms with Crippen molar-refractivity contribution in [1.82, 2.24) is 14.9 Å². The molecule has 0 atom stereocenters. The van der Waals surface area contributed by atoms with Gasteiger partial charge >= 0.3 is 0 Å². The van der Waals surface area contributed by atoms with Gasteiger partial charge < -0.3 is 5.32 Å². The van der Waals surface area contributed by atoms with Crippen LogP contribution in [0.5, 0.6) is 0 Å². The molecule has 1 aromatic heterocycles. The first-order valence-corrected chi connectivity index (χ1v) is 6.05. The lowest BCUT2D eigenvalue weighted by molar-refractivity contribution is 0.541. The normalized spacial score (nSPS) is 19.6. The van der Waals surface area contributed by atoms with E-state index in [4.69, 9.17) is 0 Å². The molecule has 4 nitrogen and oxygen atoms in total. The second-order valence-corrected chi connectivity index (χ2v) is 4.87. The summed E-state index contributed by atoms with van der Waals surface area (Å²) >= 11 is 0. The van der Waals surface area contributed by atoms with Crippen molar-refractivity contribution >= 4 is 0 Å². The van der Waals surface area contributed by atoms with Crippen molar-refractivity contribution in [3.05, 3.63) is 27.4 Å². The SMILES string of the molecule is Cc1nc2c(c(=O)n1CC1CC1)CNCC2. The number of hydrogen-bond acceptors (Lipinski definition) is 3. The zero-order valence-corrected chi connectivity index (χ0v) is 9.62. The van der Waals surface area contributed by atoms with Gasteiger partial charge in [0, 0.05) is 26.1 Å². The van der Waals surface area contributed by atoms with Crippen LogP contribution >= 0.6 is 0 Å². The average Bonchev–Trinajstić information content (AvgIpc) is 3.08. The number of fused-ring (bicyclic) bond motifs is 1. The Morgan fingerprint density at radius 3 is 3.06 bits per heavy atom. The van der Waals surface area contributed by atoms with Crippen LogP contribution in [0.25, 0.3) is 0 Å². The third kappa shape index (κ3) is 1.67. The Morgan fingerprint density at radius 2 is 2.31 bits per heavy atom. The number of aromatic nitrogens is 2. The van der Waals surface area contributed by atoms with Crippen LogP contribution in [0.2, 0.25) is 0 Å². The molecule has 16 heavy (non-hydrogen) atoms. The lowest BCUT2D eigenvalue weighted by atomic mass is 10.1. The van der Waals surface area contributed by atoms with E-state index in [0.717, 1.165) is 36.6 Å². The van der Waals surface area contributed by atoms with Gasteiger partial charge in [-0.05, 0) is 25.7 Å². The molecule has 0 radical (unpaired) electrons. The molecule has 2 aliphatic rings. The summed E-state index contributed by atoms with van der Waals surface area (Å²) in [5, 5.41) is 3.24. The van der Waals surface area contributed by atoms with Gasteiger partial charge in [0.1, 0.15) is 5.82 Å². The first-order chi connectivity index (χ1) is 7.75. The topological polar surface area (TPSA) is 46.9 Å². The van der Waals surface area contributed by atoms with Gasteiger partial charge in [0.15, 0.2) is 0 Å². The number of nitrogens with zero attached hydrogens (tertiary/aromatic N) is 2. The largest absolute Gasteiger partial charge is 0.312 e. The Morgan fingerprint density at radius 1 is 1.50 bits per heavy atom. The molecule has 1 N–H and O–H groups in total. The highest BCUT2D eigenvalue weighted by Crippen LogP contribution is 2.30. The molecule has 1 aromatic rings. The van der Waals surface area contributed by atoms with Crippen LogP contribution in [-0.2, 0) is 19.5 Å². The lowest BCUT2D eigenvalue weighted by Crippen LogP contribution is -2.36. The van der Waals surface area contributed by atoms with Crippen LogP contribution < -0.4 is 10.9 Å². The minimum atomic E-state index is 0.182. The standard InChI is InChI=1S/C12H17N3O/c1-8-14-11-4-5-13-6-10(11)12(16)15(8)7-9-2-3-9/h9,13H,2-7H2,1H3. The lowest BCUT2D eigenvalue weighted by Gasteiger charge is -2.19. The summed E-state index contributed by atoms with van der Waals surface area (Å²) < 4.78 is 1.86. The summed E-state index contributed by atoms with van der Waals surface area (Å²) in [6.07, 6.45) is 3.41. The van der Waals surface area contributed by atoms with E-state index in [-0.39, 0.29) is 5.56 Å². The van der Waals surface area contributed by atoms with Gasteiger partial charge in [-0.25, -0.2) is 4.98 Å². The van der Waals surface area contributed by atoms with E-state index < -0.39 is 0 Å². The first-order valence-electron chi connectivity index (χ1n) is 6.05. The molecule has 1 aliphatic carbocycles. The minimum absolute atomic E-state index is 0.182. The van der Waals surface area contributed by atoms with Crippen molar-refractivity contribution in [2.75, 3.05) is 6.54 Å². The van der Waals surface area contributed by atoms with Gasteiger partial charge in [0.05, 0.1) is 11.3 Å². The fourth-order valence-electron chi connectivity index (χ4n) is 2.33. The Bertz CT molecular complexity index is 474. The molecule has 1 fully saturated rings. The highest BCUT2D eigenvalue weighted by atomic mass is 16.1. The monoisotopic (exact) mass is 219 g/mol. The first kappa shape index (κ1) is 10.0. The fourth-order valence-corrected chi connectivity index (χ4v) is 2.33. The molecule has 1 aliphatic heterocycles. The molecule has 0 unspecified atom stereocenters. The summed E-state index contributed by atoms with van der Waals surface area (Å²) in [4.78, 5) is 16.9. The van der Waals surface area contributed by atoms with Crippen LogP contribution in [0.15, 0.2) is 4.79 Å². The Kier molecular flexibility index (Phi) is 2.32. The maximum absolute atomic E-state index is 12.3. The number of hydrogen-bond donors (Lipinski definition) is 1. The van der Waals surface area contributed by atoms with E-state index >= 15 is 0 Å². The summed E-state index contributed by atoms with van der Waals surface area (Å²) in [6.45, 7) is 4.44. The molecule has 86 valence electrons. The van der Waals surface area contributed by atoms with Crippen LogP contribution in [-0.4, -0.2) is 16.1 Å². The zero-order chi connectivity index (χ0) is 11.1. The van der Waals surface area contributed by atoms with Gasteiger partial charge in [0.25, 0.3) is 5.56 Å². The highest BCUT2D eigenvalue weighted by Gasteiger charge is 2.25. The molecule has 0 bridgehead atoms. The quantitative estimate of drug-likeness (QED) is 0.792.